The van der Waals surface area contributed by atoms with E-state index in [-0.39, 0.29) is 10.7 Å². The molecule has 0 aliphatic rings. The van der Waals surface area contributed by atoms with E-state index < -0.39 is 64.8 Å². The zero-order valence-electron chi connectivity index (χ0n) is 35.4. The van der Waals surface area contributed by atoms with E-state index in [0.29, 0.717) is 17.4 Å². The molecule has 0 rings (SSSR count). The quantitative estimate of drug-likeness (QED) is 0.0314. The Morgan fingerprint density at radius 3 is 1.02 bits per heavy atom. The lowest BCUT2D eigenvalue weighted by Crippen LogP contribution is -2.36. The van der Waals surface area contributed by atoms with E-state index >= 15 is 0 Å². The van der Waals surface area contributed by atoms with E-state index in [9.17, 15) is 30.0 Å². The number of aliphatic imine (C=N–C) groups is 2. The fraction of sp³-hybridized carbons (Fsp3) is 0.882. The molecule has 0 aromatic heterocycles. The number of hydrogen-bond acceptors (Lipinski definition) is 13. The highest BCUT2D eigenvalue weighted by Gasteiger charge is 1.98. The van der Waals surface area contributed by atoms with Crippen molar-refractivity contribution in [1.29, 1.82) is 0 Å². The first-order valence-corrected chi connectivity index (χ1v) is 30.6. The van der Waals surface area contributed by atoms with Crippen LogP contribution in [0.2, 0.25) is 0 Å². The van der Waals surface area contributed by atoms with Gasteiger partial charge in [0.2, 0.25) is 0 Å². The molecule has 0 spiro atoms. The fourth-order valence-electron chi connectivity index (χ4n) is 3.49. The van der Waals surface area contributed by atoms with Crippen LogP contribution < -0.4 is 21.7 Å². The van der Waals surface area contributed by atoms with Gasteiger partial charge in [0.25, 0.3) is 5.24 Å². The lowest BCUT2D eigenvalue weighted by Gasteiger charge is -2.09. The van der Waals surface area contributed by atoms with Crippen LogP contribution in [-0.4, -0.2) is 163 Å². The third kappa shape index (κ3) is 91.6. The number of rotatable bonds is 29. The van der Waals surface area contributed by atoms with Gasteiger partial charge in [-0.25, -0.2) is 9.98 Å². The monoisotopic (exact) mass is 1010 g/mol. The van der Waals surface area contributed by atoms with Crippen LogP contribution in [0.3, 0.4) is 0 Å². The van der Waals surface area contributed by atoms with E-state index in [2.05, 4.69) is 73.3 Å². The number of nitrogens with one attached hydrogen (secondary N) is 3. The molecule has 0 saturated carbocycles. The Kier molecular flexibility index (Phi) is 70.8. The number of amides is 1. The lowest BCUT2D eigenvalue weighted by molar-refractivity contribution is 0.261. The summed E-state index contributed by atoms with van der Waals surface area (Å²) in [5.74, 6) is 4.57. The molecule has 6 unspecified atom stereocenters. The van der Waals surface area contributed by atoms with Gasteiger partial charge in [0.15, 0.2) is 5.11 Å². The number of thiocarbonyl (C=S) groups is 3. The number of thiol groups is 1. The molecule has 0 fully saturated rings. The molecule has 0 aliphatic heterocycles. The second-order valence-electron chi connectivity index (χ2n) is 12.1. The molecule has 0 aliphatic carbocycles. The van der Waals surface area contributed by atoms with Crippen LogP contribution in [-0.2, 0) is 64.8 Å². The van der Waals surface area contributed by atoms with Crippen molar-refractivity contribution in [2.75, 3.05) is 111 Å². The van der Waals surface area contributed by atoms with Gasteiger partial charge < -0.3 is 27.2 Å². The molecule has 58 heavy (non-hydrogen) atoms. The van der Waals surface area contributed by atoms with Crippen molar-refractivity contribution in [3.63, 3.8) is 0 Å². The molecular weight excluding hydrogens is 941 g/mol. The predicted molar refractivity (Wildman–Crippen MR) is 272 cm³/mol. The van der Waals surface area contributed by atoms with E-state index in [1.54, 1.807) is 37.5 Å². The van der Waals surface area contributed by atoms with Gasteiger partial charge in [-0.05, 0) is 120 Å². The summed E-state index contributed by atoms with van der Waals surface area (Å²) in [5, 5.41) is 13.7. The molecular formula is C34H74N6O8S10. The van der Waals surface area contributed by atoms with Crippen molar-refractivity contribution >= 4 is 135 Å². The number of hydrogen-bond donors (Lipinski definition) is 5. The Bertz CT molecular complexity index is 1140. The maximum atomic E-state index is 10.8. The molecule has 14 nitrogen and oxygen atoms in total. The predicted octanol–water partition coefficient (Wildman–Crippen LogP) is 3.33. The maximum Gasteiger partial charge on any atom is 0.275 e. The molecule has 1 amide bonds. The Morgan fingerprint density at radius 2 is 0.776 bits per heavy atom. The molecule has 0 bridgehead atoms. The van der Waals surface area contributed by atoms with Crippen molar-refractivity contribution in [3.05, 3.63) is 0 Å². The van der Waals surface area contributed by atoms with Crippen LogP contribution in [0.1, 0.15) is 77.0 Å². The number of nitrogens with zero attached hydrogens (tertiary/aromatic N) is 2. The van der Waals surface area contributed by atoms with Crippen LogP contribution in [0.5, 0.6) is 0 Å². The van der Waals surface area contributed by atoms with Gasteiger partial charge in [-0.2, -0.15) is 0 Å². The van der Waals surface area contributed by atoms with Crippen LogP contribution in [0, 0.1) is 0 Å². The van der Waals surface area contributed by atoms with Crippen molar-refractivity contribution in [1.82, 2.24) is 16.0 Å². The number of isothiocyanates is 2. The van der Waals surface area contributed by atoms with Crippen LogP contribution >= 0.6 is 49.3 Å². The molecule has 0 aromatic carbocycles. The molecule has 0 radical (unpaired) electrons. The lowest BCUT2D eigenvalue weighted by atomic mass is 10.3. The Morgan fingerprint density at radius 1 is 0.517 bits per heavy atom. The van der Waals surface area contributed by atoms with E-state index in [4.69, 9.17) is 18.0 Å². The van der Waals surface area contributed by atoms with Crippen molar-refractivity contribution < 1.29 is 35.5 Å². The SMILES string of the molecule is CS(=O)CCCCN.CS(=O)CCCCN=C=S.CS(=O)CCCCN=C=S.CS(=O)CCCCNC(=O)S.CS(=O)CCCCNC(=S)NCCCCS(C)=O.O. The molecule has 0 heterocycles. The highest BCUT2D eigenvalue weighted by Crippen LogP contribution is 1.93. The minimum Gasteiger partial charge on any atom is -0.412 e. The number of carbonyl (C=O) groups excluding carboxylic acids is 1. The standard InChI is InChI=1S/C11H24N2O2S3.C6H13NO2S2.2C6H11NOS2.C5H13NOS.H2O/c1-17(14)9-5-3-7-12-11(16)13-8-4-6-10-18(2)15;1-11(9)5-3-2-4-7-6(8)10;2*1-10(8)5-3-2-4-7-6-9;1-8(7)5-3-2-4-6;/h3-10H2,1-2H3,(H2,12,13,16);2-5H2,1H3,(H2,7,8,10);2*2-5H2,1H3;2-6H2,1H3;1H2. The number of unbranched alkanes of at least 4 members (excludes halogenated alkanes) is 6. The van der Waals surface area contributed by atoms with Gasteiger partial charge in [-0.3, -0.25) is 30.0 Å². The summed E-state index contributed by atoms with van der Waals surface area (Å²) in [7, 11) is -4.04. The molecule has 0 aromatic rings. The molecule has 0 saturated heterocycles. The van der Waals surface area contributed by atoms with Gasteiger partial charge in [-0.1, -0.05) is 12.6 Å². The van der Waals surface area contributed by atoms with E-state index in [1.165, 1.54) is 0 Å². The van der Waals surface area contributed by atoms with E-state index in [1.807, 2.05) is 0 Å². The van der Waals surface area contributed by atoms with Gasteiger partial charge in [0, 0.05) is 170 Å². The average Bonchev–Trinajstić information content (AvgIpc) is 3.11. The van der Waals surface area contributed by atoms with Gasteiger partial charge in [0.1, 0.15) is 0 Å². The van der Waals surface area contributed by atoms with Crippen LogP contribution in [0.25, 0.3) is 0 Å². The summed E-state index contributed by atoms with van der Waals surface area (Å²) < 4.78 is 63.6. The van der Waals surface area contributed by atoms with E-state index in [0.717, 1.165) is 139 Å². The maximum absolute atomic E-state index is 10.8. The highest BCUT2D eigenvalue weighted by atomic mass is 32.2. The first-order chi connectivity index (χ1) is 27.0. The summed E-state index contributed by atoms with van der Waals surface area (Å²) >= 11 is 17.4. The van der Waals surface area contributed by atoms with Crippen molar-refractivity contribution in [2.45, 2.75) is 77.0 Å². The van der Waals surface area contributed by atoms with Gasteiger partial charge in [-0.15, -0.1) is 0 Å². The third-order valence-corrected chi connectivity index (χ3v) is 12.2. The number of nitrogens with two attached hydrogens (primary N) is 1. The normalized spacial score (nSPS) is 12.8. The largest absolute Gasteiger partial charge is 0.412 e. The third-order valence-electron chi connectivity index (χ3n) is 6.34. The Labute approximate surface area is 387 Å². The topological polar surface area (TPSA) is 238 Å². The van der Waals surface area contributed by atoms with Crippen LogP contribution in [0.15, 0.2) is 9.98 Å². The van der Waals surface area contributed by atoms with Crippen molar-refractivity contribution in [3.8, 4) is 0 Å². The van der Waals surface area contributed by atoms with Gasteiger partial charge >= 0.3 is 0 Å². The second kappa shape index (κ2) is 59.0. The average molecular weight is 1020 g/mol. The summed E-state index contributed by atoms with van der Waals surface area (Å²) in [5.41, 5.74) is 5.22. The second-order valence-corrected chi connectivity index (χ2v) is 22.6. The highest BCUT2D eigenvalue weighted by molar-refractivity contribution is 7.96. The number of carbonyl (C=O) groups is 1. The molecule has 6 atom stereocenters. The fourth-order valence-corrected chi connectivity index (χ4v) is 7.65. The molecule has 24 heteroatoms. The summed E-state index contributed by atoms with van der Waals surface area (Å²) in [6, 6.07) is 0. The summed E-state index contributed by atoms with van der Waals surface area (Å²) in [6.07, 6.45) is 21.8. The van der Waals surface area contributed by atoms with Crippen LogP contribution in [0.4, 0.5) is 4.79 Å². The Hall–Kier alpha value is -0.0700. The zero-order valence-corrected chi connectivity index (χ0v) is 43.7. The molecule has 7 N–H and O–H groups in total. The summed E-state index contributed by atoms with van der Waals surface area (Å²) in [6.45, 7) is 4.43. The zero-order chi connectivity index (χ0) is 44.5. The minimum absolute atomic E-state index is 0. The smallest absolute Gasteiger partial charge is 0.275 e. The molecule has 348 valence electrons. The Balaban J connectivity index is -0.000000150. The van der Waals surface area contributed by atoms with Crippen molar-refractivity contribution in [2.24, 2.45) is 15.7 Å². The summed E-state index contributed by atoms with van der Waals surface area (Å²) in [4.78, 5) is 17.7. The first-order valence-electron chi connectivity index (χ1n) is 18.5. The van der Waals surface area contributed by atoms with Gasteiger partial charge in [0.05, 0.1) is 10.3 Å². The first kappa shape index (κ1) is 69.6. The minimum atomic E-state index is -0.712.